The fourth-order valence-electron chi connectivity index (χ4n) is 0.584. The monoisotopic (exact) mass is 221 g/mol. The molecule has 0 aromatic heterocycles. The van der Waals surface area contributed by atoms with E-state index in [2.05, 4.69) is 0 Å². The normalized spacial score (nSPS) is 10.5. The Bertz CT molecular complexity index is 205. The Kier molecular flexibility index (Phi) is 8.57. The number of nitrogens with zero attached hydrogens (tertiary/aromatic N) is 1. The first kappa shape index (κ1) is 16.0. The van der Waals surface area contributed by atoms with E-state index in [1.807, 2.05) is 0 Å². The Morgan fingerprint density at radius 1 is 1.46 bits per heavy atom. The van der Waals surface area contributed by atoms with E-state index >= 15 is 0 Å². The fraction of sp³-hybridized carbons (Fsp3) is 0.800. The summed E-state index contributed by atoms with van der Waals surface area (Å²) in [6.45, 7) is 1.11. The third-order valence-corrected chi connectivity index (χ3v) is 2.08. The van der Waals surface area contributed by atoms with Crippen LogP contribution >= 0.6 is 7.60 Å². The summed E-state index contributed by atoms with van der Waals surface area (Å²) in [6.07, 6.45) is -0.238. The minimum atomic E-state index is -4.00. The number of hydrogen-bond acceptors (Lipinski definition) is 3. The molecule has 0 spiro atoms. The first-order chi connectivity index (χ1) is 5.33. The van der Waals surface area contributed by atoms with E-state index in [-0.39, 0.29) is 48.7 Å². The van der Waals surface area contributed by atoms with Crippen LogP contribution in [0.2, 0.25) is 0 Å². The molecule has 0 heterocycles. The van der Waals surface area contributed by atoms with Crippen LogP contribution in [0.3, 0.4) is 0 Å². The van der Waals surface area contributed by atoms with E-state index in [0.717, 1.165) is 6.92 Å². The molecule has 0 atom stereocenters. The van der Waals surface area contributed by atoms with Crippen LogP contribution in [0.5, 0.6) is 0 Å². The second kappa shape index (κ2) is 6.95. The first-order valence-corrected chi connectivity index (χ1v) is 5.14. The van der Waals surface area contributed by atoms with Gasteiger partial charge < -0.3 is 9.79 Å². The summed E-state index contributed by atoms with van der Waals surface area (Å²) in [4.78, 5) is 27.2. The molecule has 0 rings (SSSR count). The van der Waals surface area contributed by atoms with Crippen molar-refractivity contribution in [1.29, 1.82) is 0 Å². The van der Waals surface area contributed by atoms with Crippen LogP contribution in [0, 0.1) is 0 Å². The van der Waals surface area contributed by atoms with Crippen molar-refractivity contribution in [2.45, 2.75) is 13.3 Å². The molecule has 0 aliphatic rings. The standard InChI is InChI=1S/C5H12NO5P.Na.H/c1-5(7)6(8)3-2-4-12(9,10)11;;/h8H,2-4H2,1H3,(H2,9,10,11);;. The molecule has 0 saturated heterocycles. The summed E-state index contributed by atoms with van der Waals surface area (Å²) < 4.78 is 10.3. The Morgan fingerprint density at radius 2 is 1.92 bits per heavy atom. The van der Waals surface area contributed by atoms with E-state index in [1.54, 1.807) is 0 Å². The number of rotatable bonds is 4. The topological polar surface area (TPSA) is 98.1 Å². The van der Waals surface area contributed by atoms with Crippen LogP contribution in [0.25, 0.3) is 0 Å². The molecule has 0 saturated carbocycles. The van der Waals surface area contributed by atoms with Gasteiger partial charge in [0.25, 0.3) is 0 Å². The summed E-state index contributed by atoms with van der Waals surface area (Å²) in [5.74, 6) is -0.541. The number of amides is 1. The van der Waals surface area contributed by atoms with Gasteiger partial charge in [0, 0.05) is 13.5 Å². The summed E-state index contributed by atoms with van der Waals surface area (Å²) in [6, 6.07) is 0. The van der Waals surface area contributed by atoms with Crippen molar-refractivity contribution in [2.24, 2.45) is 0 Å². The Hall–Kier alpha value is 0.580. The molecule has 13 heavy (non-hydrogen) atoms. The van der Waals surface area contributed by atoms with Crippen LogP contribution < -0.4 is 0 Å². The van der Waals surface area contributed by atoms with Gasteiger partial charge in [-0.05, 0) is 6.42 Å². The zero-order valence-electron chi connectivity index (χ0n) is 6.67. The number of hydroxylamine groups is 2. The van der Waals surface area contributed by atoms with Crippen molar-refractivity contribution in [3.8, 4) is 0 Å². The third-order valence-electron chi connectivity index (χ3n) is 1.18. The van der Waals surface area contributed by atoms with Crippen molar-refractivity contribution < 1.29 is 24.4 Å². The zero-order chi connectivity index (χ0) is 9.78. The Balaban J connectivity index is 0. The second-order valence-corrected chi connectivity index (χ2v) is 4.16. The molecule has 0 bridgehead atoms. The van der Waals surface area contributed by atoms with Gasteiger partial charge >= 0.3 is 37.2 Å². The number of hydrogen-bond donors (Lipinski definition) is 3. The van der Waals surface area contributed by atoms with Crippen LogP contribution in [-0.4, -0.2) is 68.2 Å². The number of carbonyl (C=O) groups is 1. The minimum absolute atomic E-state index is 0. The Labute approximate surface area is 98.3 Å². The van der Waals surface area contributed by atoms with Gasteiger partial charge in [-0.2, -0.15) is 0 Å². The van der Waals surface area contributed by atoms with Gasteiger partial charge in [0.15, 0.2) is 0 Å². The fourth-order valence-corrected chi connectivity index (χ4v) is 1.14. The quantitative estimate of drug-likeness (QED) is 0.248. The molecule has 0 aromatic rings. The third kappa shape index (κ3) is 10.5. The van der Waals surface area contributed by atoms with Crippen LogP contribution in [0.4, 0.5) is 0 Å². The zero-order valence-corrected chi connectivity index (χ0v) is 7.57. The number of carbonyl (C=O) groups excluding carboxylic acids is 1. The van der Waals surface area contributed by atoms with Gasteiger partial charge in [-0.25, -0.2) is 5.06 Å². The maximum atomic E-state index is 10.4. The van der Waals surface area contributed by atoms with Gasteiger partial charge in [-0.1, -0.05) is 0 Å². The van der Waals surface area contributed by atoms with Crippen molar-refractivity contribution in [3.63, 3.8) is 0 Å². The Morgan fingerprint density at radius 3 is 2.23 bits per heavy atom. The predicted molar refractivity (Wildman–Crippen MR) is 47.9 cm³/mol. The van der Waals surface area contributed by atoms with Gasteiger partial charge in [0.1, 0.15) is 0 Å². The molecule has 0 fully saturated rings. The summed E-state index contributed by atoms with van der Waals surface area (Å²) in [7, 11) is -4.00. The predicted octanol–water partition coefficient (Wildman–Crippen LogP) is -0.857. The second-order valence-electron chi connectivity index (χ2n) is 2.38. The van der Waals surface area contributed by atoms with Gasteiger partial charge in [-0.15, -0.1) is 0 Å². The molecule has 0 aliphatic carbocycles. The van der Waals surface area contributed by atoms with Gasteiger partial charge in [0.05, 0.1) is 6.16 Å². The van der Waals surface area contributed by atoms with E-state index in [9.17, 15) is 9.36 Å². The van der Waals surface area contributed by atoms with Gasteiger partial charge in [0.2, 0.25) is 5.91 Å². The molecule has 0 aromatic carbocycles. The van der Waals surface area contributed by atoms with Crippen molar-refractivity contribution in [3.05, 3.63) is 0 Å². The maximum absolute atomic E-state index is 10.4. The summed E-state index contributed by atoms with van der Waals surface area (Å²) in [5, 5.41) is 9.18. The molecule has 0 aliphatic heterocycles. The molecule has 0 unspecified atom stereocenters. The molecule has 3 N–H and O–H groups in total. The molecule has 74 valence electrons. The average molecular weight is 221 g/mol. The van der Waals surface area contributed by atoms with Crippen molar-refractivity contribution in [2.75, 3.05) is 12.7 Å². The molecule has 8 heteroatoms. The van der Waals surface area contributed by atoms with E-state index in [0.29, 0.717) is 5.06 Å². The van der Waals surface area contributed by atoms with Crippen molar-refractivity contribution in [1.82, 2.24) is 5.06 Å². The molecule has 1 amide bonds. The van der Waals surface area contributed by atoms with E-state index in [1.165, 1.54) is 0 Å². The van der Waals surface area contributed by atoms with Crippen LogP contribution in [0.15, 0.2) is 0 Å². The van der Waals surface area contributed by atoms with Gasteiger partial charge in [-0.3, -0.25) is 14.6 Å². The van der Waals surface area contributed by atoms with Crippen LogP contribution in [0.1, 0.15) is 13.3 Å². The van der Waals surface area contributed by atoms with Crippen molar-refractivity contribution >= 4 is 43.1 Å². The summed E-state index contributed by atoms with van der Waals surface area (Å²) in [5.41, 5.74) is 0. The molecular formula is C5H13NNaO5P. The van der Waals surface area contributed by atoms with E-state index in [4.69, 9.17) is 15.0 Å². The molecule has 0 radical (unpaired) electrons. The van der Waals surface area contributed by atoms with Crippen LogP contribution in [-0.2, 0) is 9.36 Å². The summed E-state index contributed by atoms with van der Waals surface area (Å²) >= 11 is 0. The molecule has 6 nitrogen and oxygen atoms in total. The SMILES string of the molecule is CC(=O)N(O)CCCP(=O)(O)O.[NaH]. The molecular weight excluding hydrogens is 208 g/mol. The van der Waals surface area contributed by atoms with E-state index < -0.39 is 13.5 Å². The average Bonchev–Trinajstić information content (AvgIpc) is 1.84. The first-order valence-electron chi connectivity index (χ1n) is 3.34.